The van der Waals surface area contributed by atoms with Crippen LogP contribution in [0.4, 0.5) is 0 Å². The first-order chi connectivity index (χ1) is 7.31. The quantitative estimate of drug-likeness (QED) is 0.790. The van der Waals surface area contributed by atoms with E-state index in [2.05, 4.69) is 11.4 Å². The summed E-state index contributed by atoms with van der Waals surface area (Å²) in [7, 11) is 0. The number of nitrogens with zero attached hydrogens (tertiary/aromatic N) is 1. The fourth-order valence-corrected chi connectivity index (χ4v) is 2.30. The molecule has 1 heterocycles. The highest BCUT2D eigenvalue weighted by molar-refractivity contribution is 6.30. The Morgan fingerprint density at radius 3 is 3.07 bits per heavy atom. The second kappa shape index (κ2) is 4.65. The number of hydrogen-bond acceptors (Lipinski definition) is 2. The number of nitriles is 1. The highest BCUT2D eigenvalue weighted by Gasteiger charge is 2.25. The van der Waals surface area contributed by atoms with E-state index in [9.17, 15) is 0 Å². The number of hydrogen-bond donors (Lipinski definition) is 1. The maximum Gasteiger partial charge on any atom is 0.0663 e. The molecule has 1 aromatic rings. The van der Waals surface area contributed by atoms with Gasteiger partial charge in [-0.2, -0.15) is 5.26 Å². The monoisotopic (exact) mass is 220 g/mol. The third kappa shape index (κ3) is 2.31. The first-order valence-corrected chi connectivity index (χ1v) is 5.55. The van der Waals surface area contributed by atoms with E-state index in [0.717, 1.165) is 24.5 Å². The van der Waals surface area contributed by atoms with Crippen LogP contribution in [-0.4, -0.2) is 13.1 Å². The summed E-state index contributed by atoms with van der Waals surface area (Å²) in [6.45, 7) is 1.81. The van der Waals surface area contributed by atoms with Crippen molar-refractivity contribution in [3.63, 3.8) is 0 Å². The van der Waals surface area contributed by atoms with Crippen molar-refractivity contribution in [3.05, 3.63) is 34.9 Å². The van der Waals surface area contributed by atoms with Crippen molar-refractivity contribution in [2.45, 2.75) is 12.3 Å². The maximum atomic E-state index is 9.08. The van der Waals surface area contributed by atoms with E-state index in [1.807, 2.05) is 24.3 Å². The molecule has 2 nitrogen and oxygen atoms in total. The first-order valence-electron chi connectivity index (χ1n) is 5.17. The van der Waals surface area contributed by atoms with E-state index in [1.54, 1.807) is 0 Å². The summed E-state index contributed by atoms with van der Waals surface area (Å²) in [6, 6.07) is 10.2. The van der Waals surface area contributed by atoms with Crippen LogP contribution in [0.1, 0.15) is 17.9 Å². The van der Waals surface area contributed by atoms with Gasteiger partial charge in [0.1, 0.15) is 0 Å². The molecule has 2 atom stereocenters. The van der Waals surface area contributed by atoms with Crippen LogP contribution in [0.2, 0.25) is 5.02 Å². The van der Waals surface area contributed by atoms with Crippen molar-refractivity contribution in [2.24, 2.45) is 5.92 Å². The Morgan fingerprint density at radius 1 is 1.47 bits per heavy atom. The molecule has 78 valence electrons. The standard InChI is InChI=1S/C12H13ClN2/c13-11-3-1-2-9(6-11)12-8-15-5-4-10(12)7-14/h1-3,6,10,12,15H,4-5,8H2. The molecule has 1 aromatic carbocycles. The largest absolute Gasteiger partial charge is 0.316 e. The molecular weight excluding hydrogens is 208 g/mol. The Bertz CT molecular complexity index is 383. The second-order valence-corrected chi connectivity index (χ2v) is 4.33. The molecule has 15 heavy (non-hydrogen) atoms. The summed E-state index contributed by atoms with van der Waals surface area (Å²) in [6.07, 6.45) is 0.924. The highest BCUT2D eigenvalue weighted by Crippen LogP contribution is 2.29. The lowest BCUT2D eigenvalue weighted by molar-refractivity contribution is 0.387. The molecule has 0 radical (unpaired) electrons. The topological polar surface area (TPSA) is 35.8 Å². The summed E-state index contributed by atoms with van der Waals surface area (Å²) >= 11 is 5.95. The van der Waals surface area contributed by atoms with Crippen LogP contribution in [-0.2, 0) is 0 Å². The Balaban J connectivity index is 2.25. The van der Waals surface area contributed by atoms with Gasteiger partial charge in [0.25, 0.3) is 0 Å². The van der Waals surface area contributed by atoms with Gasteiger partial charge in [0.15, 0.2) is 0 Å². The SMILES string of the molecule is N#CC1CCNCC1c1cccc(Cl)c1. The number of halogens is 1. The first kappa shape index (κ1) is 10.5. The van der Waals surface area contributed by atoms with E-state index in [4.69, 9.17) is 16.9 Å². The van der Waals surface area contributed by atoms with Crippen molar-refractivity contribution in [1.82, 2.24) is 5.32 Å². The molecule has 0 aromatic heterocycles. The molecule has 0 bridgehead atoms. The molecule has 1 saturated heterocycles. The lowest BCUT2D eigenvalue weighted by atomic mass is 9.82. The number of rotatable bonds is 1. The zero-order chi connectivity index (χ0) is 10.7. The molecule has 0 saturated carbocycles. The molecule has 1 aliphatic rings. The second-order valence-electron chi connectivity index (χ2n) is 3.89. The molecule has 1 aliphatic heterocycles. The van der Waals surface area contributed by atoms with Crippen LogP contribution in [0.5, 0.6) is 0 Å². The fourth-order valence-electron chi connectivity index (χ4n) is 2.10. The molecular formula is C12H13ClN2. The van der Waals surface area contributed by atoms with Gasteiger partial charge >= 0.3 is 0 Å². The van der Waals surface area contributed by atoms with Crippen LogP contribution in [0, 0.1) is 17.2 Å². The van der Waals surface area contributed by atoms with E-state index >= 15 is 0 Å². The van der Waals surface area contributed by atoms with Gasteiger partial charge in [-0.25, -0.2) is 0 Å². The number of nitrogens with one attached hydrogen (secondary N) is 1. The van der Waals surface area contributed by atoms with Gasteiger partial charge in [0.05, 0.1) is 12.0 Å². The van der Waals surface area contributed by atoms with Crippen molar-refractivity contribution in [2.75, 3.05) is 13.1 Å². The minimum atomic E-state index is 0.115. The van der Waals surface area contributed by atoms with Gasteiger partial charge in [0, 0.05) is 17.5 Å². The molecule has 3 heteroatoms. The summed E-state index contributed by atoms with van der Waals surface area (Å²) in [5, 5.41) is 13.1. The fraction of sp³-hybridized carbons (Fsp3) is 0.417. The minimum Gasteiger partial charge on any atom is -0.316 e. The molecule has 0 amide bonds. The van der Waals surface area contributed by atoms with Crippen LogP contribution in [0.3, 0.4) is 0 Å². The van der Waals surface area contributed by atoms with E-state index in [1.165, 1.54) is 5.56 Å². The third-order valence-corrected chi connectivity index (χ3v) is 3.16. The van der Waals surface area contributed by atoms with E-state index in [0.29, 0.717) is 0 Å². The predicted molar refractivity (Wildman–Crippen MR) is 60.8 cm³/mol. The average molecular weight is 221 g/mol. The van der Waals surface area contributed by atoms with Gasteiger partial charge in [-0.05, 0) is 30.7 Å². The Morgan fingerprint density at radius 2 is 2.33 bits per heavy atom. The summed E-state index contributed by atoms with van der Waals surface area (Å²) < 4.78 is 0. The Labute approximate surface area is 94.9 Å². The molecule has 2 unspecified atom stereocenters. The molecule has 0 aliphatic carbocycles. The van der Waals surface area contributed by atoms with Gasteiger partial charge < -0.3 is 5.32 Å². The predicted octanol–water partition coefficient (Wildman–Crippen LogP) is 2.56. The lowest BCUT2D eigenvalue weighted by Gasteiger charge is -2.27. The summed E-state index contributed by atoms with van der Waals surface area (Å²) in [4.78, 5) is 0. The molecule has 2 rings (SSSR count). The zero-order valence-corrected chi connectivity index (χ0v) is 9.17. The average Bonchev–Trinajstić information content (AvgIpc) is 2.29. The van der Waals surface area contributed by atoms with Crippen LogP contribution in [0.15, 0.2) is 24.3 Å². The maximum absolute atomic E-state index is 9.08. The van der Waals surface area contributed by atoms with Crippen LogP contribution in [0.25, 0.3) is 0 Å². The summed E-state index contributed by atoms with van der Waals surface area (Å²) in [5.74, 6) is 0.396. The molecule has 1 fully saturated rings. The minimum absolute atomic E-state index is 0.115. The number of benzene rings is 1. The van der Waals surface area contributed by atoms with Crippen molar-refractivity contribution in [3.8, 4) is 6.07 Å². The smallest absolute Gasteiger partial charge is 0.0663 e. The lowest BCUT2D eigenvalue weighted by Crippen LogP contribution is -2.34. The highest BCUT2D eigenvalue weighted by atomic mass is 35.5. The van der Waals surface area contributed by atoms with Crippen molar-refractivity contribution >= 4 is 11.6 Å². The van der Waals surface area contributed by atoms with Gasteiger partial charge in [-0.3, -0.25) is 0 Å². The van der Waals surface area contributed by atoms with Gasteiger partial charge in [0.2, 0.25) is 0 Å². The van der Waals surface area contributed by atoms with E-state index < -0.39 is 0 Å². The molecule has 1 N–H and O–H groups in total. The van der Waals surface area contributed by atoms with Crippen molar-refractivity contribution < 1.29 is 0 Å². The van der Waals surface area contributed by atoms with Crippen molar-refractivity contribution in [1.29, 1.82) is 5.26 Å². The molecule has 0 spiro atoms. The zero-order valence-electron chi connectivity index (χ0n) is 8.41. The summed E-state index contributed by atoms with van der Waals surface area (Å²) in [5.41, 5.74) is 1.17. The van der Waals surface area contributed by atoms with Gasteiger partial charge in [-0.15, -0.1) is 0 Å². The Hall–Kier alpha value is -1.04. The third-order valence-electron chi connectivity index (χ3n) is 2.92. The number of piperidine rings is 1. The van der Waals surface area contributed by atoms with Crippen LogP contribution < -0.4 is 5.32 Å². The Kier molecular flexibility index (Phi) is 3.25. The van der Waals surface area contributed by atoms with Crippen LogP contribution >= 0.6 is 11.6 Å². The van der Waals surface area contributed by atoms with E-state index in [-0.39, 0.29) is 11.8 Å². The van der Waals surface area contributed by atoms with Gasteiger partial charge in [-0.1, -0.05) is 23.7 Å². The normalized spacial score (nSPS) is 25.9.